The highest BCUT2D eigenvalue weighted by atomic mass is 16.5. The Morgan fingerprint density at radius 3 is 2.12 bits per heavy atom. The highest BCUT2D eigenvalue weighted by Gasteiger charge is 2.30. The van der Waals surface area contributed by atoms with Crippen molar-refractivity contribution in [3.05, 3.63) is 42.0 Å². The SMILES string of the molecule is CC(C)c1ccc2cc(OC3CCC(C(C)(C)C)CC3)ccc2c1. The van der Waals surface area contributed by atoms with Gasteiger partial charge in [-0.05, 0) is 71.4 Å². The van der Waals surface area contributed by atoms with Crippen molar-refractivity contribution in [1.29, 1.82) is 0 Å². The molecule has 0 heterocycles. The van der Waals surface area contributed by atoms with Crippen LogP contribution in [0.4, 0.5) is 0 Å². The first-order valence-electron chi connectivity index (χ1n) is 9.53. The Morgan fingerprint density at radius 1 is 0.875 bits per heavy atom. The first-order chi connectivity index (χ1) is 11.3. The molecule has 0 spiro atoms. The molecular weight excluding hydrogens is 292 g/mol. The van der Waals surface area contributed by atoms with Crippen molar-refractivity contribution in [2.45, 2.75) is 72.3 Å². The van der Waals surface area contributed by atoms with Crippen LogP contribution in [-0.4, -0.2) is 6.10 Å². The van der Waals surface area contributed by atoms with Gasteiger partial charge in [0.25, 0.3) is 0 Å². The molecule has 0 amide bonds. The summed E-state index contributed by atoms with van der Waals surface area (Å²) in [7, 11) is 0. The van der Waals surface area contributed by atoms with E-state index in [4.69, 9.17) is 4.74 Å². The van der Waals surface area contributed by atoms with Gasteiger partial charge in [0.2, 0.25) is 0 Å². The van der Waals surface area contributed by atoms with Crippen LogP contribution >= 0.6 is 0 Å². The smallest absolute Gasteiger partial charge is 0.120 e. The lowest BCUT2D eigenvalue weighted by molar-refractivity contribution is 0.0883. The summed E-state index contributed by atoms with van der Waals surface area (Å²) in [5.41, 5.74) is 1.83. The lowest BCUT2D eigenvalue weighted by atomic mass is 9.72. The van der Waals surface area contributed by atoms with E-state index < -0.39 is 0 Å². The third-order valence-corrected chi connectivity index (χ3v) is 5.70. The van der Waals surface area contributed by atoms with Gasteiger partial charge in [0, 0.05) is 0 Å². The number of hydrogen-bond acceptors (Lipinski definition) is 1. The molecule has 3 rings (SSSR count). The van der Waals surface area contributed by atoms with Crippen molar-refractivity contribution in [2.24, 2.45) is 11.3 Å². The van der Waals surface area contributed by atoms with E-state index in [9.17, 15) is 0 Å². The number of benzene rings is 2. The third kappa shape index (κ3) is 3.94. The standard InChI is InChI=1S/C23H32O/c1-16(2)17-6-7-19-15-22(11-8-18(19)14-17)24-21-12-9-20(10-13-21)23(3,4)5/h6-8,11,14-16,20-21H,9-10,12-13H2,1-5H3. The van der Waals surface area contributed by atoms with Crippen molar-refractivity contribution >= 4 is 10.8 Å². The Hall–Kier alpha value is -1.50. The van der Waals surface area contributed by atoms with Crippen LogP contribution in [0.25, 0.3) is 10.8 Å². The van der Waals surface area contributed by atoms with Crippen LogP contribution in [0.15, 0.2) is 36.4 Å². The van der Waals surface area contributed by atoms with Gasteiger partial charge in [-0.1, -0.05) is 58.9 Å². The summed E-state index contributed by atoms with van der Waals surface area (Å²) in [6.07, 6.45) is 5.34. The van der Waals surface area contributed by atoms with E-state index in [1.165, 1.54) is 42.0 Å². The van der Waals surface area contributed by atoms with Crippen molar-refractivity contribution < 1.29 is 4.74 Å². The van der Waals surface area contributed by atoms with Gasteiger partial charge in [-0.3, -0.25) is 0 Å². The van der Waals surface area contributed by atoms with E-state index in [0.717, 1.165) is 11.7 Å². The van der Waals surface area contributed by atoms with E-state index in [-0.39, 0.29) is 0 Å². The maximum atomic E-state index is 6.30. The van der Waals surface area contributed by atoms with E-state index in [0.29, 0.717) is 17.4 Å². The van der Waals surface area contributed by atoms with Crippen LogP contribution in [0.2, 0.25) is 0 Å². The van der Waals surface area contributed by atoms with Gasteiger partial charge in [-0.25, -0.2) is 0 Å². The second kappa shape index (κ2) is 6.78. The first kappa shape index (κ1) is 17.3. The summed E-state index contributed by atoms with van der Waals surface area (Å²) in [5.74, 6) is 2.44. The van der Waals surface area contributed by atoms with Crippen LogP contribution in [0.3, 0.4) is 0 Å². The van der Waals surface area contributed by atoms with Crippen molar-refractivity contribution in [3.8, 4) is 5.75 Å². The maximum absolute atomic E-state index is 6.30. The average Bonchev–Trinajstić information content (AvgIpc) is 2.54. The van der Waals surface area contributed by atoms with Crippen LogP contribution in [-0.2, 0) is 0 Å². The summed E-state index contributed by atoms with van der Waals surface area (Å²) in [5, 5.41) is 2.59. The molecule has 0 aliphatic heterocycles. The quantitative estimate of drug-likeness (QED) is 0.593. The van der Waals surface area contributed by atoms with Gasteiger partial charge >= 0.3 is 0 Å². The molecule has 0 N–H and O–H groups in total. The molecule has 2 aromatic rings. The molecule has 1 aliphatic rings. The third-order valence-electron chi connectivity index (χ3n) is 5.70. The Morgan fingerprint density at radius 2 is 1.50 bits per heavy atom. The molecule has 24 heavy (non-hydrogen) atoms. The molecule has 0 aromatic heterocycles. The van der Waals surface area contributed by atoms with Gasteiger partial charge in [-0.2, -0.15) is 0 Å². The molecule has 1 saturated carbocycles. The van der Waals surface area contributed by atoms with Crippen LogP contribution in [0.1, 0.15) is 71.8 Å². The zero-order valence-corrected chi connectivity index (χ0v) is 15.9. The molecule has 2 aromatic carbocycles. The molecule has 0 bridgehead atoms. The molecular formula is C23H32O. The molecule has 0 radical (unpaired) electrons. The number of rotatable bonds is 3. The van der Waals surface area contributed by atoms with Crippen LogP contribution in [0.5, 0.6) is 5.75 Å². The van der Waals surface area contributed by atoms with Gasteiger partial charge in [-0.15, -0.1) is 0 Å². The topological polar surface area (TPSA) is 9.23 Å². The van der Waals surface area contributed by atoms with E-state index in [1.807, 2.05) is 0 Å². The summed E-state index contributed by atoms with van der Waals surface area (Å²) >= 11 is 0. The lowest BCUT2D eigenvalue weighted by Crippen LogP contribution is -2.30. The molecule has 0 saturated heterocycles. The Balaban J connectivity index is 1.67. The summed E-state index contributed by atoms with van der Waals surface area (Å²) in [4.78, 5) is 0. The molecule has 130 valence electrons. The average molecular weight is 325 g/mol. The Kier molecular flexibility index (Phi) is 4.90. The molecule has 0 atom stereocenters. The molecule has 1 heteroatoms. The predicted octanol–water partition coefficient (Wildman–Crippen LogP) is 6.95. The second-order valence-corrected chi connectivity index (χ2v) is 8.88. The summed E-state index contributed by atoms with van der Waals surface area (Å²) in [6.45, 7) is 11.6. The lowest BCUT2D eigenvalue weighted by Gasteiger charge is -2.37. The predicted molar refractivity (Wildman–Crippen MR) is 104 cm³/mol. The normalized spacial score (nSPS) is 22.1. The second-order valence-electron chi connectivity index (χ2n) is 8.88. The van der Waals surface area contributed by atoms with Gasteiger partial charge in [0.15, 0.2) is 0 Å². The summed E-state index contributed by atoms with van der Waals surface area (Å²) < 4.78 is 6.30. The fraction of sp³-hybridized carbons (Fsp3) is 0.565. The fourth-order valence-electron chi connectivity index (χ4n) is 3.91. The highest BCUT2D eigenvalue weighted by molar-refractivity contribution is 5.84. The summed E-state index contributed by atoms with van der Waals surface area (Å²) in [6, 6.07) is 13.3. The largest absolute Gasteiger partial charge is 0.490 e. The number of hydrogen-bond donors (Lipinski definition) is 0. The molecule has 0 unspecified atom stereocenters. The number of fused-ring (bicyclic) bond motifs is 1. The van der Waals surface area contributed by atoms with Gasteiger partial charge in [0.1, 0.15) is 5.75 Å². The van der Waals surface area contributed by atoms with Crippen LogP contribution in [0, 0.1) is 11.3 Å². The van der Waals surface area contributed by atoms with Crippen molar-refractivity contribution in [2.75, 3.05) is 0 Å². The number of ether oxygens (including phenoxy) is 1. The van der Waals surface area contributed by atoms with Crippen LogP contribution < -0.4 is 4.74 Å². The van der Waals surface area contributed by atoms with E-state index in [1.54, 1.807) is 0 Å². The minimum atomic E-state index is 0.385. The van der Waals surface area contributed by atoms with Crippen molar-refractivity contribution in [1.82, 2.24) is 0 Å². The van der Waals surface area contributed by atoms with E-state index in [2.05, 4.69) is 71.0 Å². The minimum absolute atomic E-state index is 0.385. The fourth-order valence-corrected chi connectivity index (χ4v) is 3.91. The van der Waals surface area contributed by atoms with Gasteiger partial charge in [0.05, 0.1) is 6.10 Å². The maximum Gasteiger partial charge on any atom is 0.120 e. The van der Waals surface area contributed by atoms with Gasteiger partial charge < -0.3 is 4.74 Å². The zero-order valence-electron chi connectivity index (χ0n) is 15.9. The molecule has 1 aliphatic carbocycles. The zero-order chi connectivity index (χ0) is 17.3. The monoisotopic (exact) mass is 324 g/mol. The van der Waals surface area contributed by atoms with E-state index >= 15 is 0 Å². The van der Waals surface area contributed by atoms with Crippen molar-refractivity contribution in [3.63, 3.8) is 0 Å². The highest BCUT2D eigenvalue weighted by Crippen LogP contribution is 2.39. The molecule has 1 nitrogen and oxygen atoms in total. The Labute approximate surface area is 147 Å². The first-order valence-corrected chi connectivity index (χ1v) is 9.53. The minimum Gasteiger partial charge on any atom is -0.490 e. The Bertz CT molecular complexity index is 685. The molecule has 1 fully saturated rings.